The highest BCUT2D eigenvalue weighted by Crippen LogP contribution is 2.50. The van der Waals surface area contributed by atoms with Gasteiger partial charge in [0, 0.05) is 0 Å². The summed E-state index contributed by atoms with van der Waals surface area (Å²) in [7, 11) is 0. The minimum Gasteiger partial charge on any atom is -0.103 e. The Morgan fingerprint density at radius 2 is 2.00 bits per heavy atom. The van der Waals surface area contributed by atoms with Gasteiger partial charge in [-0.3, -0.25) is 0 Å². The van der Waals surface area contributed by atoms with Crippen LogP contribution in [0.25, 0.3) is 0 Å². The van der Waals surface area contributed by atoms with Crippen LogP contribution in [0.15, 0.2) is 12.7 Å². The van der Waals surface area contributed by atoms with E-state index in [4.69, 9.17) is 0 Å². The molecule has 0 aromatic carbocycles. The average molecular weight is 208 g/mol. The second-order valence-electron chi connectivity index (χ2n) is 5.50. The lowest BCUT2D eigenvalue weighted by Crippen LogP contribution is -2.42. The molecule has 0 heteroatoms. The Morgan fingerprint density at radius 1 is 1.33 bits per heavy atom. The van der Waals surface area contributed by atoms with E-state index >= 15 is 0 Å². The van der Waals surface area contributed by atoms with E-state index < -0.39 is 0 Å². The van der Waals surface area contributed by atoms with E-state index in [9.17, 15) is 0 Å². The van der Waals surface area contributed by atoms with Crippen LogP contribution in [0.1, 0.15) is 53.4 Å². The minimum atomic E-state index is 0.769. The van der Waals surface area contributed by atoms with Gasteiger partial charge in [0.05, 0.1) is 0 Å². The molecule has 0 radical (unpaired) electrons. The number of hydrogen-bond acceptors (Lipinski definition) is 0. The number of allylic oxidation sites excluding steroid dienone is 1. The zero-order valence-electron chi connectivity index (χ0n) is 11.0. The summed E-state index contributed by atoms with van der Waals surface area (Å²) in [6.07, 6.45) is 7.66. The Hall–Kier alpha value is -0.260. The third kappa shape index (κ3) is 2.65. The zero-order valence-corrected chi connectivity index (χ0v) is 11.0. The summed E-state index contributed by atoms with van der Waals surface area (Å²) in [6, 6.07) is 0. The first-order chi connectivity index (χ1) is 7.15. The Kier molecular flexibility index (Phi) is 4.89. The molecule has 0 amide bonds. The lowest BCUT2D eigenvalue weighted by Gasteiger charge is -2.49. The molecule has 0 nitrogen and oxygen atoms in total. The molecule has 0 aromatic heterocycles. The summed E-state index contributed by atoms with van der Waals surface area (Å²) >= 11 is 0. The first kappa shape index (κ1) is 12.8. The molecule has 0 bridgehead atoms. The quantitative estimate of drug-likeness (QED) is 0.544. The summed E-state index contributed by atoms with van der Waals surface area (Å²) in [5, 5.41) is 0. The molecule has 0 spiro atoms. The summed E-state index contributed by atoms with van der Waals surface area (Å²) < 4.78 is 0. The molecule has 1 aliphatic carbocycles. The van der Waals surface area contributed by atoms with Crippen molar-refractivity contribution in [2.75, 3.05) is 0 Å². The van der Waals surface area contributed by atoms with E-state index in [2.05, 4.69) is 40.3 Å². The molecule has 1 saturated carbocycles. The lowest BCUT2D eigenvalue weighted by molar-refractivity contribution is 0.0114. The topological polar surface area (TPSA) is 0 Å². The van der Waals surface area contributed by atoms with Crippen LogP contribution in [0.5, 0.6) is 0 Å². The van der Waals surface area contributed by atoms with Gasteiger partial charge in [-0.2, -0.15) is 0 Å². The second-order valence-corrected chi connectivity index (χ2v) is 5.50. The van der Waals surface area contributed by atoms with E-state index in [1.807, 2.05) is 0 Å². The molecule has 0 aromatic rings. The number of hydrogen-bond donors (Lipinski definition) is 0. The third-order valence-electron chi connectivity index (χ3n) is 4.69. The molecule has 0 aliphatic heterocycles. The van der Waals surface area contributed by atoms with Crippen LogP contribution >= 0.6 is 0 Å². The van der Waals surface area contributed by atoms with Gasteiger partial charge in [-0.15, -0.1) is 6.58 Å². The van der Waals surface area contributed by atoms with Gasteiger partial charge in [0.2, 0.25) is 0 Å². The predicted octanol–water partition coefficient (Wildman–Crippen LogP) is 4.91. The minimum absolute atomic E-state index is 0.769. The summed E-state index contributed by atoms with van der Waals surface area (Å²) in [4.78, 5) is 0. The first-order valence-corrected chi connectivity index (χ1v) is 6.78. The van der Waals surface area contributed by atoms with E-state index in [0.29, 0.717) is 0 Å². The maximum Gasteiger partial charge on any atom is -0.0208 e. The van der Waals surface area contributed by atoms with E-state index in [-0.39, 0.29) is 0 Å². The van der Waals surface area contributed by atoms with Crippen molar-refractivity contribution < 1.29 is 0 Å². The second kappa shape index (κ2) is 5.72. The highest BCUT2D eigenvalue weighted by atomic mass is 14.5. The van der Waals surface area contributed by atoms with Crippen LogP contribution in [0, 0.1) is 29.6 Å². The van der Waals surface area contributed by atoms with E-state index in [1.54, 1.807) is 0 Å². The van der Waals surface area contributed by atoms with Gasteiger partial charge < -0.3 is 0 Å². The van der Waals surface area contributed by atoms with Crippen molar-refractivity contribution in [2.24, 2.45) is 29.6 Å². The monoisotopic (exact) mass is 208 g/mol. The third-order valence-corrected chi connectivity index (χ3v) is 4.69. The molecule has 1 aliphatic rings. The summed E-state index contributed by atoms with van der Waals surface area (Å²) in [5.74, 6) is 4.55. The standard InChI is InChI=1S/C15H28/c1-6-9-11(4)14-10-15(12(14)5)13(7-2)8-3/h7,11-15H,2,6,8-10H2,1,3-5H3. The van der Waals surface area contributed by atoms with Crippen LogP contribution in [0.2, 0.25) is 0 Å². The predicted molar refractivity (Wildman–Crippen MR) is 68.8 cm³/mol. The normalized spacial score (nSPS) is 34.3. The largest absolute Gasteiger partial charge is 0.103 e. The van der Waals surface area contributed by atoms with Gasteiger partial charge in [0.1, 0.15) is 0 Å². The van der Waals surface area contributed by atoms with Crippen LogP contribution < -0.4 is 0 Å². The molecule has 1 fully saturated rings. The molecule has 1 rings (SSSR count). The van der Waals surface area contributed by atoms with Crippen molar-refractivity contribution in [3.05, 3.63) is 12.7 Å². The Labute approximate surface area is 96.2 Å². The van der Waals surface area contributed by atoms with E-state index in [1.165, 1.54) is 25.7 Å². The fourth-order valence-corrected chi connectivity index (χ4v) is 3.49. The van der Waals surface area contributed by atoms with Crippen molar-refractivity contribution >= 4 is 0 Å². The van der Waals surface area contributed by atoms with Crippen LogP contribution in [-0.4, -0.2) is 0 Å². The SMILES string of the molecule is C=CC(CC)C1CC(C(C)CCC)C1C. The summed E-state index contributed by atoms with van der Waals surface area (Å²) in [6.45, 7) is 13.5. The van der Waals surface area contributed by atoms with Crippen molar-refractivity contribution in [1.29, 1.82) is 0 Å². The van der Waals surface area contributed by atoms with E-state index in [0.717, 1.165) is 29.6 Å². The fourth-order valence-electron chi connectivity index (χ4n) is 3.49. The van der Waals surface area contributed by atoms with Crippen molar-refractivity contribution in [1.82, 2.24) is 0 Å². The maximum absolute atomic E-state index is 3.98. The molecule has 5 atom stereocenters. The van der Waals surface area contributed by atoms with Crippen LogP contribution in [0.4, 0.5) is 0 Å². The molecular formula is C15H28. The fraction of sp³-hybridized carbons (Fsp3) is 0.867. The van der Waals surface area contributed by atoms with Gasteiger partial charge in [-0.05, 0) is 42.4 Å². The summed E-state index contributed by atoms with van der Waals surface area (Å²) in [5.41, 5.74) is 0. The van der Waals surface area contributed by atoms with Gasteiger partial charge in [-0.25, -0.2) is 0 Å². The molecule has 15 heavy (non-hydrogen) atoms. The first-order valence-electron chi connectivity index (χ1n) is 6.78. The molecule has 5 unspecified atom stereocenters. The molecule has 0 N–H and O–H groups in total. The van der Waals surface area contributed by atoms with Gasteiger partial charge in [0.25, 0.3) is 0 Å². The van der Waals surface area contributed by atoms with Crippen LogP contribution in [-0.2, 0) is 0 Å². The van der Waals surface area contributed by atoms with Crippen LogP contribution in [0.3, 0.4) is 0 Å². The molecule has 0 saturated heterocycles. The smallest absolute Gasteiger partial charge is 0.0208 e. The number of rotatable bonds is 6. The molecule has 0 heterocycles. The Morgan fingerprint density at radius 3 is 2.40 bits per heavy atom. The Balaban J connectivity index is 2.43. The average Bonchev–Trinajstić information content (AvgIpc) is 2.23. The highest BCUT2D eigenvalue weighted by molar-refractivity contribution is 4.97. The Bertz CT molecular complexity index is 194. The van der Waals surface area contributed by atoms with Crippen molar-refractivity contribution in [3.63, 3.8) is 0 Å². The van der Waals surface area contributed by atoms with Crippen molar-refractivity contribution in [2.45, 2.75) is 53.4 Å². The molecular weight excluding hydrogens is 180 g/mol. The molecule has 88 valence electrons. The van der Waals surface area contributed by atoms with Gasteiger partial charge in [-0.1, -0.05) is 46.6 Å². The maximum atomic E-state index is 3.98. The lowest BCUT2D eigenvalue weighted by atomic mass is 9.56. The van der Waals surface area contributed by atoms with Gasteiger partial charge >= 0.3 is 0 Å². The zero-order chi connectivity index (χ0) is 11.4. The van der Waals surface area contributed by atoms with Crippen molar-refractivity contribution in [3.8, 4) is 0 Å². The highest BCUT2D eigenvalue weighted by Gasteiger charge is 2.42. The van der Waals surface area contributed by atoms with Gasteiger partial charge in [0.15, 0.2) is 0 Å².